The zero-order valence-corrected chi connectivity index (χ0v) is 20.7. The second kappa shape index (κ2) is 12.0. The van der Waals surface area contributed by atoms with Crippen LogP contribution >= 0.6 is 11.6 Å². The molecule has 37 heavy (non-hydrogen) atoms. The van der Waals surface area contributed by atoms with E-state index in [2.05, 4.69) is 54.4 Å². The van der Waals surface area contributed by atoms with Gasteiger partial charge in [-0.2, -0.15) is 15.1 Å². The van der Waals surface area contributed by atoms with Crippen LogP contribution in [-0.2, 0) is 0 Å². The number of nitrogens with zero attached hydrogens (tertiary/aromatic N) is 7. The summed E-state index contributed by atoms with van der Waals surface area (Å²) in [6.45, 7) is 3.82. The molecule has 1 saturated heterocycles. The summed E-state index contributed by atoms with van der Waals surface area (Å²) < 4.78 is 5.90. The minimum atomic E-state index is -0.776. The molecule has 190 valence electrons. The standard InChI is InChI=1S/C19H17ClN6O3.C3H4N2O.C2H2/c1-10(27)2-3-11-4-5-13-15(6-11)26(17-14(20)7-22-19(21)23-17)24-16(13)18(29)25-8-12(28)9-25;1-3-4-2-5-6-3;1-2/h4-7,10,12,27-28H,8-9H2,1H3,(H2,21,22,23);2H,1H3;1-2H/t10-;;/m1../s1. The largest absolute Gasteiger partial charge is 0.389 e. The van der Waals surface area contributed by atoms with Gasteiger partial charge in [-0.3, -0.25) is 4.79 Å². The van der Waals surface area contributed by atoms with Crippen LogP contribution in [0.1, 0.15) is 28.9 Å². The van der Waals surface area contributed by atoms with Crippen molar-refractivity contribution in [3.63, 3.8) is 0 Å². The maximum absolute atomic E-state index is 12.9. The molecule has 1 aliphatic heterocycles. The Balaban J connectivity index is 0.000000412. The molecule has 4 N–H and O–H groups in total. The number of aliphatic hydroxyl groups is 2. The first-order valence-corrected chi connectivity index (χ1v) is 11.2. The van der Waals surface area contributed by atoms with Crippen LogP contribution in [0.3, 0.4) is 0 Å². The summed E-state index contributed by atoms with van der Waals surface area (Å²) in [6, 6.07) is 5.20. The first-order valence-electron chi connectivity index (χ1n) is 10.8. The smallest absolute Gasteiger partial charge is 0.275 e. The van der Waals surface area contributed by atoms with Crippen LogP contribution in [0.15, 0.2) is 35.2 Å². The molecule has 5 rings (SSSR count). The molecule has 13 heteroatoms. The number of aromatic nitrogens is 6. The number of halogens is 1. The van der Waals surface area contributed by atoms with E-state index < -0.39 is 12.2 Å². The predicted molar refractivity (Wildman–Crippen MR) is 135 cm³/mol. The summed E-state index contributed by atoms with van der Waals surface area (Å²) in [5.41, 5.74) is 7.08. The number of benzene rings is 1. The molecule has 4 heterocycles. The number of nitrogen functional groups attached to an aromatic ring is 1. The second-order valence-corrected chi connectivity index (χ2v) is 8.07. The third kappa shape index (κ3) is 6.39. The molecule has 0 spiro atoms. The monoisotopic (exact) mass is 522 g/mol. The summed E-state index contributed by atoms with van der Waals surface area (Å²) in [5, 5.41) is 27.5. The molecule has 0 unspecified atom stereocenters. The van der Waals surface area contributed by atoms with Gasteiger partial charge in [0.05, 0.1) is 17.8 Å². The van der Waals surface area contributed by atoms with Gasteiger partial charge in [0.1, 0.15) is 11.1 Å². The third-order valence-electron chi connectivity index (χ3n) is 4.87. The number of anilines is 1. The van der Waals surface area contributed by atoms with Crippen LogP contribution in [-0.4, -0.2) is 76.2 Å². The Bertz CT molecular complexity index is 1460. The number of fused-ring (bicyclic) bond motifs is 1. The van der Waals surface area contributed by atoms with Crippen LogP contribution in [0.25, 0.3) is 16.7 Å². The van der Waals surface area contributed by atoms with Gasteiger partial charge in [0.15, 0.2) is 17.8 Å². The average molecular weight is 523 g/mol. The Hall–Kier alpha value is -4.49. The van der Waals surface area contributed by atoms with Gasteiger partial charge in [0.2, 0.25) is 11.8 Å². The van der Waals surface area contributed by atoms with Crippen molar-refractivity contribution in [2.75, 3.05) is 18.8 Å². The van der Waals surface area contributed by atoms with Gasteiger partial charge in [-0.25, -0.2) is 9.67 Å². The van der Waals surface area contributed by atoms with Gasteiger partial charge in [-0.15, -0.1) is 12.8 Å². The van der Waals surface area contributed by atoms with Crippen LogP contribution in [0.4, 0.5) is 5.95 Å². The molecule has 1 amide bonds. The predicted octanol–water partition coefficient (Wildman–Crippen LogP) is 1.23. The van der Waals surface area contributed by atoms with E-state index in [9.17, 15) is 15.0 Å². The summed E-state index contributed by atoms with van der Waals surface area (Å²) in [7, 11) is 0. The lowest BCUT2D eigenvalue weighted by atomic mass is 10.1. The second-order valence-electron chi connectivity index (χ2n) is 7.66. The van der Waals surface area contributed by atoms with E-state index >= 15 is 0 Å². The van der Waals surface area contributed by atoms with Crippen molar-refractivity contribution in [2.24, 2.45) is 0 Å². The Morgan fingerprint density at radius 3 is 2.62 bits per heavy atom. The highest BCUT2D eigenvalue weighted by molar-refractivity contribution is 6.32. The van der Waals surface area contributed by atoms with E-state index in [1.54, 1.807) is 32.0 Å². The molecule has 1 fully saturated rings. The molecule has 0 bridgehead atoms. The number of hydrogen-bond acceptors (Lipinski definition) is 10. The molecule has 3 aromatic heterocycles. The van der Waals surface area contributed by atoms with E-state index in [4.69, 9.17) is 17.3 Å². The topological polar surface area (TPSA) is 169 Å². The molecule has 1 atom stereocenters. The van der Waals surface area contributed by atoms with E-state index in [0.717, 1.165) is 0 Å². The molecule has 0 aliphatic carbocycles. The zero-order chi connectivity index (χ0) is 27.1. The summed E-state index contributed by atoms with van der Waals surface area (Å²) in [4.78, 5) is 26.0. The molecular formula is C24H23ClN8O4. The number of hydrogen-bond donors (Lipinski definition) is 3. The number of aryl methyl sites for hydroxylation is 1. The lowest BCUT2D eigenvalue weighted by molar-refractivity contribution is 0.00560. The molecule has 12 nitrogen and oxygen atoms in total. The lowest BCUT2D eigenvalue weighted by Crippen LogP contribution is -2.53. The Kier molecular flexibility index (Phi) is 8.77. The molecule has 0 saturated carbocycles. The first kappa shape index (κ1) is 27.1. The fraction of sp³-hybridized carbons (Fsp3) is 0.250. The van der Waals surface area contributed by atoms with E-state index in [1.807, 2.05) is 0 Å². The quantitative estimate of drug-likeness (QED) is 0.325. The fourth-order valence-electron chi connectivity index (χ4n) is 3.22. The number of terminal acetylenes is 1. The molecule has 1 aromatic carbocycles. The van der Waals surface area contributed by atoms with E-state index in [0.29, 0.717) is 22.4 Å². The summed E-state index contributed by atoms with van der Waals surface area (Å²) >= 11 is 6.25. The van der Waals surface area contributed by atoms with Crippen molar-refractivity contribution in [3.8, 4) is 30.5 Å². The van der Waals surface area contributed by atoms with Crippen LogP contribution in [0.2, 0.25) is 5.02 Å². The molecular weight excluding hydrogens is 500 g/mol. The number of amides is 1. The highest BCUT2D eigenvalue weighted by Crippen LogP contribution is 2.28. The minimum absolute atomic E-state index is 0.0110. The van der Waals surface area contributed by atoms with Crippen LogP contribution in [0, 0.1) is 31.6 Å². The SMILES string of the molecule is C#C.C[C@@H](O)C#Cc1ccc2c(C(=O)N3CC(O)C3)nn(-c3nc(N)ncc3Cl)c2c1.Cc1ncno1. The number of rotatable bonds is 2. The van der Waals surface area contributed by atoms with E-state index in [1.165, 1.54) is 22.1 Å². The van der Waals surface area contributed by atoms with Gasteiger partial charge < -0.3 is 25.4 Å². The van der Waals surface area contributed by atoms with Gasteiger partial charge >= 0.3 is 0 Å². The third-order valence-corrected chi connectivity index (χ3v) is 5.14. The molecule has 4 aromatic rings. The number of aliphatic hydroxyl groups excluding tert-OH is 2. The summed E-state index contributed by atoms with van der Waals surface area (Å²) in [5.74, 6) is 6.09. The number of β-amino-alcohol motifs (C(OH)–C–C–N with tert-alkyl or cyclic N) is 1. The van der Waals surface area contributed by atoms with Crippen molar-refractivity contribution in [1.82, 2.24) is 34.8 Å². The Morgan fingerprint density at radius 2 is 2.05 bits per heavy atom. The van der Waals surface area contributed by atoms with Crippen LogP contribution in [0.5, 0.6) is 0 Å². The zero-order valence-electron chi connectivity index (χ0n) is 19.9. The molecule has 0 radical (unpaired) electrons. The number of carbonyl (C=O) groups excluding carboxylic acids is 1. The van der Waals surface area contributed by atoms with Gasteiger partial charge in [-0.1, -0.05) is 28.6 Å². The highest BCUT2D eigenvalue weighted by Gasteiger charge is 2.32. The minimum Gasteiger partial charge on any atom is -0.389 e. The van der Waals surface area contributed by atoms with Gasteiger partial charge in [0, 0.05) is 31.0 Å². The Morgan fingerprint density at radius 1 is 1.32 bits per heavy atom. The molecule has 1 aliphatic rings. The maximum atomic E-state index is 12.9. The number of nitrogens with two attached hydrogens (primary N) is 1. The normalized spacial score (nSPS) is 13.2. The van der Waals surface area contributed by atoms with Crippen molar-refractivity contribution < 1.29 is 19.5 Å². The average Bonchev–Trinajstić information content (AvgIpc) is 3.50. The highest BCUT2D eigenvalue weighted by atomic mass is 35.5. The lowest BCUT2D eigenvalue weighted by Gasteiger charge is -2.35. The fourth-order valence-corrected chi connectivity index (χ4v) is 3.39. The first-order chi connectivity index (χ1) is 17.7. The van der Waals surface area contributed by atoms with Crippen molar-refractivity contribution in [3.05, 3.63) is 52.9 Å². The van der Waals surface area contributed by atoms with Crippen molar-refractivity contribution in [2.45, 2.75) is 26.1 Å². The maximum Gasteiger partial charge on any atom is 0.275 e. The van der Waals surface area contributed by atoms with Crippen LogP contribution < -0.4 is 5.73 Å². The van der Waals surface area contributed by atoms with E-state index in [-0.39, 0.29) is 41.5 Å². The number of likely N-dealkylation sites (tertiary alicyclic amines) is 1. The van der Waals surface area contributed by atoms with Gasteiger partial charge in [-0.05, 0) is 25.1 Å². The number of carbonyl (C=O) groups is 1. The van der Waals surface area contributed by atoms with Gasteiger partial charge in [0.25, 0.3) is 5.91 Å². The Labute approximate surface area is 217 Å². The van der Waals surface area contributed by atoms with Crippen molar-refractivity contribution >= 4 is 34.4 Å². The summed E-state index contributed by atoms with van der Waals surface area (Å²) in [6.07, 6.45) is 9.43. The van der Waals surface area contributed by atoms with Crippen molar-refractivity contribution in [1.29, 1.82) is 0 Å².